The number of nitrogens with one attached hydrogen (secondary N) is 1. The molecule has 3 fully saturated rings. The summed E-state index contributed by atoms with van der Waals surface area (Å²) in [5.74, 6) is 0.436. The molecule has 0 aromatic heterocycles. The third-order valence-electron chi connectivity index (χ3n) is 5.66. The van der Waals surface area contributed by atoms with Crippen molar-refractivity contribution in [3.63, 3.8) is 0 Å². The lowest BCUT2D eigenvalue weighted by molar-refractivity contribution is -0.127. The topological polar surface area (TPSA) is 61.9 Å². The van der Waals surface area contributed by atoms with Crippen LogP contribution in [-0.4, -0.2) is 73.1 Å². The first-order valence-electron chi connectivity index (χ1n) is 9.57. The SMILES string of the molecule is CCCN1C[C@H](NC(=O)C2CCN(C3CCOCC3)CC2)CC1=O. The predicted octanol–water partition coefficient (Wildman–Crippen LogP) is 1.00. The summed E-state index contributed by atoms with van der Waals surface area (Å²) in [7, 11) is 0. The third-order valence-corrected chi connectivity index (χ3v) is 5.66. The summed E-state index contributed by atoms with van der Waals surface area (Å²) in [4.78, 5) is 28.8. The lowest BCUT2D eigenvalue weighted by atomic mass is 9.93. The normalized spacial score (nSPS) is 27.6. The van der Waals surface area contributed by atoms with E-state index in [1.807, 2.05) is 4.90 Å². The maximum atomic E-state index is 12.5. The van der Waals surface area contributed by atoms with Gasteiger partial charge in [-0.3, -0.25) is 9.59 Å². The maximum absolute atomic E-state index is 12.5. The van der Waals surface area contributed by atoms with E-state index in [2.05, 4.69) is 17.1 Å². The second kappa shape index (κ2) is 8.30. The Balaban J connectivity index is 1.41. The highest BCUT2D eigenvalue weighted by Gasteiger charge is 2.33. The van der Waals surface area contributed by atoms with Crippen LogP contribution in [0.15, 0.2) is 0 Å². The van der Waals surface area contributed by atoms with Crippen LogP contribution in [0.3, 0.4) is 0 Å². The van der Waals surface area contributed by atoms with Gasteiger partial charge in [-0.25, -0.2) is 0 Å². The van der Waals surface area contributed by atoms with E-state index in [1.54, 1.807) is 0 Å². The van der Waals surface area contributed by atoms with E-state index in [9.17, 15) is 9.59 Å². The first-order valence-corrected chi connectivity index (χ1v) is 9.57. The largest absolute Gasteiger partial charge is 0.381 e. The van der Waals surface area contributed by atoms with Gasteiger partial charge in [-0.1, -0.05) is 6.92 Å². The Morgan fingerprint density at radius 2 is 1.92 bits per heavy atom. The smallest absolute Gasteiger partial charge is 0.224 e. The zero-order valence-corrected chi connectivity index (χ0v) is 14.8. The molecule has 0 unspecified atom stereocenters. The molecular weight excluding hydrogens is 306 g/mol. The molecule has 0 spiro atoms. The lowest BCUT2D eigenvalue weighted by Crippen LogP contribution is -2.48. The summed E-state index contributed by atoms with van der Waals surface area (Å²) in [6, 6.07) is 0.642. The highest BCUT2D eigenvalue weighted by Crippen LogP contribution is 2.24. The highest BCUT2D eigenvalue weighted by atomic mass is 16.5. The van der Waals surface area contributed by atoms with E-state index in [0.29, 0.717) is 19.0 Å². The number of amides is 2. The minimum absolute atomic E-state index is 0.00470. The fourth-order valence-electron chi connectivity index (χ4n) is 4.25. The Kier molecular flexibility index (Phi) is 6.11. The van der Waals surface area contributed by atoms with E-state index >= 15 is 0 Å². The second-order valence-electron chi connectivity index (χ2n) is 7.40. The summed E-state index contributed by atoms with van der Waals surface area (Å²) in [5, 5.41) is 3.12. The zero-order chi connectivity index (χ0) is 16.9. The van der Waals surface area contributed by atoms with Crippen LogP contribution >= 0.6 is 0 Å². The number of rotatable bonds is 5. The fraction of sp³-hybridized carbons (Fsp3) is 0.889. The molecule has 6 heteroatoms. The van der Waals surface area contributed by atoms with Crippen molar-refractivity contribution < 1.29 is 14.3 Å². The van der Waals surface area contributed by atoms with Crippen LogP contribution in [-0.2, 0) is 14.3 Å². The molecule has 0 bridgehead atoms. The highest BCUT2D eigenvalue weighted by molar-refractivity contribution is 5.83. The van der Waals surface area contributed by atoms with Crippen molar-refractivity contribution in [3.05, 3.63) is 0 Å². The molecule has 0 aromatic carbocycles. The van der Waals surface area contributed by atoms with Crippen LogP contribution < -0.4 is 5.32 Å². The van der Waals surface area contributed by atoms with E-state index in [4.69, 9.17) is 4.74 Å². The summed E-state index contributed by atoms with van der Waals surface area (Å²) >= 11 is 0. The van der Waals surface area contributed by atoms with Gasteiger partial charge in [0.2, 0.25) is 11.8 Å². The Morgan fingerprint density at radius 3 is 2.58 bits per heavy atom. The number of piperidine rings is 1. The Bertz CT molecular complexity index is 443. The van der Waals surface area contributed by atoms with Crippen LogP contribution in [0, 0.1) is 5.92 Å². The van der Waals surface area contributed by atoms with Crippen LogP contribution in [0.4, 0.5) is 0 Å². The summed E-state index contributed by atoms with van der Waals surface area (Å²) in [6.07, 6.45) is 5.54. The van der Waals surface area contributed by atoms with Gasteiger partial charge in [-0.15, -0.1) is 0 Å². The van der Waals surface area contributed by atoms with E-state index in [1.165, 1.54) is 0 Å². The third kappa shape index (κ3) is 4.28. The maximum Gasteiger partial charge on any atom is 0.224 e. The molecule has 3 rings (SSSR count). The molecule has 136 valence electrons. The van der Waals surface area contributed by atoms with Crippen molar-refractivity contribution in [3.8, 4) is 0 Å². The first-order chi connectivity index (χ1) is 11.7. The van der Waals surface area contributed by atoms with Crippen molar-refractivity contribution in [1.29, 1.82) is 0 Å². The number of carbonyl (C=O) groups is 2. The molecular formula is C18H31N3O3. The van der Waals surface area contributed by atoms with Crippen molar-refractivity contribution in [2.75, 3.05) is 39.4 Å². The average molecular weight is 337 g/mol. The van der Waals surface area contributed by atoms with Gasteiger partial charge in [0.25, 0.3) is 0 Å². The van der Waals surface area contributed by atoms with Gasteiger partial charge in [-0.2, -0.15) is 0 Å². The predicted molar refractivity (Wildman–Crippen MR) is 91.6 cm³/mol. The van der Waals surface area contributed by atoms with Gasteiger partial charge in [0.05, 0.1) is 6.04 Å². The van der Waals surface area contributed by atoms with Crippen LogP contribution in [0.25, 0.3) is 0 Å². The minimum Gasteiger partial charge on any atom is -0.381 e. The molecule has 3 heterocycles. The molecule has 3 aliphatic heterocycles. The van der Waals surface area contributed by atoms with Crippen molar-refractivity contribution in [1.82, 2.24) is 15.1 Å². The Labute approximate surface area is 144 Å². The summed E-state index contributed by atoms with van der Waals surface area (Å²) in [6.45, 7) is 7.31. The van der Waals surface area contributed by atoms with Gasteiger partial charge in [0.15, 0.2) is 0 Å². The molecule has 0 radical (unpaired) electrons. The number of carbonyl (C=O) groups excluding carboxylic acids is 2. The lowest BCUT2D eigenvalue weighted by Gasteiger charge is -2.39. The average Bonchev–Trinajstić information content (AvgIpc) is 2.95. The Hall–Kier alpha value is -1.14. The number of hydrogen-bond acceptors (Lipinski definition) is 4. The molecule has 1 N–H and O–H groups in total. The molecule has 0 aromatic rings. The van der Waals surface area contributed by atoms with Gasteiger partial charge < -0.3 is 19.9 Å². The molecule has 24 heavy (non-hydrogen) atoms. The Morgan fingerprint density at radius 1 is 1.21 bits per heavy atom. The molecule has 2 amide bonds. The molecule has 1 atom stereocenters. The standard InChI is InChI=1S/C18H31N3O3/c1-2-7-21-13-15(12-17(21)22)19-18(23)14-3-8-20(9-4-14)16-5-10-24-11-6-16/h14-16H,2-13H2,1H3,(H,19,23)/t15-/m1/s1. The number of nitrogens with zero attached hydrogens (tertiary/aromatic N) is 2. The van der Waals surface area contributed by atoms with Crippen LogP contribution in [0.2, 0.25) is 0 Å². The zero-order valence-electron chi connectivity index (χ0n) is 14.8. The van der Waals surface area contributed by atoms with E-state index in [-0.39, 0.29) is 23.8 Å². The molecule has 3 saturated heterocycles. The van der Waals surface area contributed by atoms with Crippen LogP contribution in [0.5, 0.6) is 0 Å². The number of ether oxygens (including phenoxy) is 1. The van der Waals surface area contributed by atoms with Gasteiger partial charge in [-0.05, 0) is 45.2 Å². The van der Waals surface area contributed by atoms with Crippen molar-refractivity contribution >= 4 is 11.8 Å². The number of hydrogen-bond donors (Lipinski definition) is 1. The fourth-order valence-corrected chi connectivity index (χ4v) is 4.25. The van der Waals surface area contributed by atoms with Crippen LogP contribution in [0.1, 0.15) is 45.4 Å². The molecule has 0 aliphatic carbocycles. The molecule has 6 nitrogen and oxygen atoms in total. The van der Waals surface area contributed by atoms with Gasteiger partial charge in [0, 0.05) is 44.7 Å². The van der Waals surface area contributed by atoms with E-state index < -0.39 is 0 Å². The van der Waals surface area contributed by atoms with Crippen molar-refractivity contribution in [2.45, 2.75) is 57.5 Å². The van der Waals surface area contributed by atoms with E-state index in [0.717, 1.165) is 65.0 Å². The quantitative estimate of drug-likeness (QED) is 0.813. The first kappa shape index (κ1) is 17.7. The van der Waals surface area contributed by atoms with Gasteiger partial charge in [0.1, 0.15) is 0 Å². The summed E-state index contributed by atoms with van der Waals surface area (Å²) < 4.78 is 5.44. The van der Waals surface area contributed by atoms with Crippen molar-refractivity contribution in [2.24, 2.45) is 5.92 Å². The molecule has 0 saturated carbocycles. The monoisotopic (exact) mass is 337 g/mol. The number of likely N-dealkylation sites (tertiary alicyclic amines) is 2. The second-order valence-corrected chi connectivity index (χ2v) is 7.40. The van der Waals surface area contributed by atoms with Gasteiger partial charge >= 0.3 is 0 Å². The summed E-state index contributed by atoms with van der Waals surface area (Å²) in [5.41, 5.74) is 0. The minimum atomic E-state index is 0.00470. The molecule has 3 aliphatic rings.